The van der Waals surface area contributed by atoms with Crippen LogP contribution in [0.25, 0.3) is 0 Å². The summed E-state index contributed by atoms with van der Waals surface area (Å²) in [5.41, 5.74) is -0.0338. The van der Waals surface area contributed by atoms with Gasteiger partial charge in [0.05, 0.1) is 5.60 Å². The number of rotatable bonds is 4. The van der Waals surface area contributed by atoms with Crippen molar-refractivity contribution in [1.29, 1.82) is 0 Å². The van der Waals surface area contributed by atoms with Crippen LogP contribution in [0.4, 0.5) is 0 Å². The summed E-state index contributed by atoms with van der Waals surface area (Å²) in [7, 11) is 1.83. The minimum absolute atomic E-state index is 0.0338. The third-order valence-corrected chi connectivity index (χ3v) is 4.74. The molecule has 0 N–H and O–H groups in total. The van der Waals surface area contributed by atoms with Crippen LogP contribution in [0.5, 0.6) is 0 Å². The smallest absolute Gasteiger partial charge is 0.0749 e. The summed E-state index contributed by atoms with van der Waals surface area (Å²) in [4.78, 5) is 5.39. The van der Waals surface area contributed by atoms with Gasteiger partial charge < -0.3 is 4.74 Å². The molecule has 0 radical (unpaired) electrons. The molecule has 2 rings (SSSR count). The Morgan fingerprint density at radius 3 is 2.61 bits per heavy atom. The first kappa shape index (κ1) is 14.3. The Kier molecular flexibility index (Phi) is 4.35. The summed E-state index contributed by atoms with van der Waals surface area (Å²) in [6, 6.07) is 1.49. The van der Waals surface area contributed by atoms with Gasteiger partial charge in [-0.3, -0.25) is 9.80 Å². The maximum Gasteiger partial charge on any atom is 0.0749 e. The Bertz CT molecular complexity index is 278. The molecule has 18 heavy (non-hydrogen) atoms. The van der Waals surface area contributed by atoms with Crippen LogP contribution in [-0.2, 0) is 4.74 Å². The van der Waals surface area contributed by atoms with Crippen LogP contribution in [-0.4, -0.2) is 60.8 Å². The molecule has 3 heteroatoms. The molecule has 3 nitrogen and oxygen atoms in total. The average molecular weight is 254 g/mol. The molecule has 0 aliphatic carbocycles. The summed E-state index contributed by atoms with van der Waals surface area (Å²) in [5, 5.41) is 0. The molecule has 106 valence electrons. The van der Waals surface area contributed by atoms with Gasteiger partial charge in [-0.05, 0) is 39.2 Å². The highest BCUT2D eigenvalue weighted by Crippen LogP contribution is 2.29. The predicted molar refractivity (Wildman–Crippen MR) is 75.9 cm³/mol. The van der Waals surface area contributed by atoms with Crippen molar-refractivity contribution in [2.75, 3.05) is 33.3 Å². The quantitative estimate of drug-likeness (QED) is 0.765. The molecular formula is C15H30N2O. The van der Waals surface area contributed by atoms with E-state index in [2.05, 4.69) is 37.5 Å². The third kappa shape index (κ3) is 3.06. The summed E-state index contributed by atoms with van der Waals surface area (Å²) >= 11 is 0. The lowest BCUT2D eigenvalue weighted by Gasteiger charge is -2.47. The van der Waals surface area contributed by atoms with Crippen LogP contribution in [0.3, 0.4) is 0 Å². The van der Waals surface area contributed by atoms with Crippen LogP contribution in [0.2, 0.25) is 0 Å². The zero-order chi connectivity index (χ0) is 13.3. The minimum atomic E-state index is -0.0338. The molecule has 0 amide bonds. The van der Waals surface area contributed by atoms with Crippen LogP contribution < -0.4 is 0 Å². The number of hydrogen-bond acceptors (Lipinski definition) is 3. The molecule has 2 aliphatic rings. The van der Waals surface area contributed by atoms with Gasteiger partial charge in [-0.15, -0.1) is 0 Å². The van der Waals surface area contributed by atoms with Gasteiger partial charge in [-0.1, -0.05) is 13.8 Å². The van der Waals surface area contributed by atoms with E-state index in [1.165, 1.54) is 32.5 Å². The minimum Gasteiger partial charge on any atom is -0.377 e. The lowest BCUT2D eigenvalue weighted by Crippen LogP contribution is -2.60. The molecule has 2 saturated heterocycles. The number of fused-ring (bicyclic) bond motifs is 1. The highest BCUT2D eigenvalue weighted by molar-refractivity contribution is 4.95. The number of methoxy groups -OCH3 is 1. The van der Waals surface area contributed by atoms with Crippen molar-refractivity contribution in [3.8, 4) is 0 Å². The maximum absolute atomic E-state index is 5.62. The van der Waals surface area contributed by atoms with Gasteiger partial charge in [0.25, 0.3) is 0 Å². The largest absolute Gasteiger partial charge is 0.377 e. The van der Waals surface area contributed by atoms with Crippen molar-refractivity contribution < 1.29 is 4.74 Å². The first-order valence-electron chi connectivity index (χ1n) is 7.46. The van der Waals surface area contributed by atoms with Gasteiger partial charge in [0.15, 0.2) is 0 Å². The van der Waals surface area contributed by atoms with E-state index in [-0.39, 0.29) is 5.60 Å². The van der Waals surface area contributed by atoms with E-state index >= 15 is 0 Å². The van der Waals surface area contributed by atoms with Crippen molar-refractivity contribution in [2.45, 2.75) is 58.2 Å². The normalized spacial score (nSPS) is 31.0. The number of ether oxygens (including phenoxy) is 1. The Balaban J connectivity index is 2.05. The average Bonchev–Trinajstić information content (AvgIpc) is 2.74. The fourth-order valence-electron chi connectivity index (χ4n) is 3.47. The van der Waals surface area contributed by atoms with Crippen LogP contribution in [0.1, 0.15) is 40.5 Å². The van der Waals surface area contributed by atoms with Gasteiger partial charge in [-0.25, -0.2) is 0 Å². The van der Waals surface area contributed by atoms with E-state index in [0.717, 1.165) is 18.5 Å². The molecule has 2 atom stereocenters. The second-order valence-corrected chi connectivity index (χ2v) is 7.00. The van der Waals surface area contributed by atoms with Gasteiger partial charge >= 0.3 is 0 Å². The predicted octanol–water partition coefficient (Wildman–Crippen LogP) is 2.22. The highest BCUT2D eigenvalue weighted by atomic mass is 16.5. The van der Waals surface area contributed by atoms with E-state index in [1.54, 1.807) is 0 Å². The molecule has 0 bridgehead atoms. The van der Waals surface area contributed by atoms with E-state index in [9.17, 15) is 0 Å². The molecule has 2 aliphatic heterocycles. The van der Waals surface area contributed by atoms with E-state index in [0.29, 0.717) is 6.04 Å². The zero-order valence-electron chi connectivity index (χ0n) is 12.8. The maximum atomic E-state index is 5.62. The van der Waals surface area contributed by atoms with Gasteiger partial charge in [0.2, 0.25) is 0 Å². The number of hydrogen-bond donors (Lipinski definition) is 0. The monoisotopic (exact) mass is 254 g/mol. The lowest BCUT2D eigenvalue weighted by atomic mass is 9.95. The SMILES string of the molecule is COC(C)(C)CN1CC2CCCN2CC1C(C)C. The molecule has 0 aromatic carbocycles. The van der Waals surface area contributed by atoms with Crippen molar-refractivity contribution >= 4 is 0 Å². The molecule has 2 heterocycles. The van der Waals surface area contributed by atoms with Crippen LogP contribution in [0.15, 0.2) is 0 Å². The zero-order valence-corrected chi connectivity index (χ0v) is 12.8. The summed E-state index contributed by atoms with van der Waals surface area (Å²) in [5.74, 6) is 0.721. The van der Waals surface area contributed by atoms with E-state index in [1.807, 2.05) is 7.11 Å². The standard InChI is InChI=1S/C15H30N2O/c1-12(2)14-10-16-8-6-7-13(16)9-17(14)11-15(3,4)18-5/h12-14H,6-11H2,1-5H3. The molecular weight excluding hydrogens is 224 g/mol. The fraction of sp³-hybridized carbons (Fsp3) is 1.00. The molecule has 0 spiro atoms. The molecule has 0 aromatic heterocycles. The molecule has 0 aromatic rings. The van der Waals surface area contributed by atoms with Crippen LogP contribution in [0, 0.1) is 5.92 Å². The third-order valence-electron chi connectivity index (χ3n) is 4.74. The second-order valence-electron chi connectivity index (χ2n) is 7.00. The number of piperazine rings is 1. The Morgan fingerprint density at radius 2 is 2.00 bits per heavy atom. The Hall–Kier alpha value is -0.120. The second kappa shape index (κ2) is 5.48. The molecule has 2 unspecified atom stereocenters. The summed E-state index contributed by atoms with van der Waals surface area (Å²) in [6.45, 7) is 14.0. The molecule has 2 fully saturated rings. The Morgan fingerprint density at radius 1 is 1.28 bits per heavy atom. The van der Waals surface area contributed by atoms with Crippen LogP contribution >= 0.6 is 0 Å². The van der Waals surface area contributed by atoms with E-state index in [4.69, 9.17) is 4.74 Å². The van der Waals surface area contributed by atoms with E-state index < -0.39 is 0 Å². The fourth-order valence-corrected chi connectivity index (χ4v) is 3.47. The topological polar surface area (TPSA) is 15.7 Å². The first-order valence-corrected chi connectivity index (χ1v) is 7.46. The van der Waals surface area contributed by atoms with Crippen molar-refractivity contribution in [3.05, 3.63) is 0 Å². The Labute approximate surface area is 112 Å². The van der Waals surface area contributed by atoms with Gasteiger partial charge in [0, 0.05) is 38.8 Å². The van der Waals surface area contributed by atoms with Crippen molar-refractivity contribution in [2.24, 2.45) is 5.92 Å². The van der Waals surface area contributed by atoms with Crippen molar-refractivity contribution in [3.63, 3.8) is 0 Å². The first-order chi connectivity index (χ1) is 8.43. The van der Waals surface area contributed by atoms with Gasteiger partial charge in [0.1, 0.15) is 0 Å². The highest BCUT2D eigenvalue weighted by Gasteiger charge is 2.39. The lowest BCUT2D eigenvalue weighted by molar-refractivity contribution is -0.0507. The summed E-state index contributed by atoms with van der Waals surface area (Å²) in [6.07, 6.45) is 2.77. The molecule has 0 saturated carbocycles. The van der Waals surface area contributed by atoms with Crippen molar-refractivity contribution in [1.82, 2.24) is 9.80 Å². The summed E-state index contributed by atoms with van der Waals surface area (Å²) < 4.78 is 5.62. The number of nitrogens with zero attached hydrogens (tertiary/aromatic N) is 2. The van der Waals surface area contributed by atoms with Gasteiger partial charge in [-0.2, -0.15) is 0 Å².